The Hall–Kier alpha value is -0.620. The Balaban J connectivity index is 1.79. The molecule has 1 aromatic rings. The van der Waals surface area contributed by atoms with Gasteiger partial charge in [0.1, 0.15) is 0 Å². The molecule has 1 aliphatic heterocycles. The Kier molecular flexibility index (Phi) is 4.59. The predicted octanol–water partition coefficient (Wildman–Crippen LogP) is 1.75. The van der Waals surface area contributed by atoms with Crippen LogP contribution in [0, 0.1) is 0 Å². The normalized spacial score (nSPS) is 20.4. The van der Waals surface area contributed by atoms with Crippen molar-refractivity contribution in [2.45, 2.75) is 5.25 Å². The summed E-state index contributed by atoms with van der Waals surface area (Å²) in [5.74, 6) is 5.11. The molecule has 1 aliphatic rings. The molecule has 88 valence electrons. The lowest BCUT2D eigenvalue weighted by molar-refractivity contribution is 0.411. The summed E-state index contributed by atoms with van der Waals surface area (Å²) in [6.45, 7) is 0.935. The number of anilines is 1. The Morgan fingerprint density at radius 2 is 2.25 bits per heavy atom. The maximum Gasteiger partial charge on any atom is 0.222 e. The minimum absolute atomic E-state index is 0.671. The summed E-state index contributed by atoms with van der Waals surface area (Å²) < 4.78 is 5.00. The van der Waals surface area contributed by atoms with Crippen molar-refractivity contribution in [1.29, 1.82) is 0 Å². The van der Waals surface area contributed by atoms with E-state index >= 15 is 0 Å². The van der Waals surface area contributed by atoms with Crippen LogP contribution in [0.4, 0.5) is 5.95 Å². The SMILES string of the molecule is COc1cnc(NCC2CSCCS2)nc1. The average molecular weight is 257 g/mol. The number of methoxy groups -OCH3 is 1. The van der Waals surface area contributed by atoms with Crippen LogP contribution in [0.5, 0.6) is 5.75 Å². The molecule has 2 rings (SSSR count). The first-order valence-electron chi connectivity index (χ1n) is 5.18. The lowest BCUT2D eigenvalue weighted by Crippen LogP contribution is -2.23. The molecule has 1 fully saturated rings. The molecule has 0 bridgehead atoms. The summed E-state index contributed by atoms with van der Waals surface area (Å²) in [4.78, 5) is 8.34. The zero-order valence-corrected chi connectivity index (χ0v) is 10.8. The van der Waals surface area contributed by atoms with Gasteiger partial charge in [0.25, 0.3) is 0 Å². The summed E-state index contributed by atoms with van der Waals surface area (Å²) in [5.41, 5.74) is 0. The van der Waals surface area contributed by atoms with Crippen LogP contribution in [0.2, 0.25) is 0 Å². The quantitative estimate of drug-likeness (QED) is 0.886. The van der Waals surface area contributed by atoms with Gasteiger partial charge in [-0.15, -0.1) is 0 Å². The predicted molar refractivity (Wildman–Crippen MR) is 70.6 cm³/mol. The van der Waals surface area contributed by atoms with E-state index in [1.165, 1.54) is 17.3 Å². The fraction of sp³-hybridized carbons (Fsp3) is 0.600. The monoisotopic (exact) mass is 257 g/mol. The zero-order valence-electron chi connectivity index (χ0n) is 9.18. The van der Waals surface area contributed by atoms with Crippen LogP contribution < -0.4 is 10.1 Å². The molecule has 0 spiro atoms. The standard InChI is InChI=1S/C10H15N3OS2/c1-14-8-4-11-10(12-5-8)13-6-9-7-15-2-3-16-9/h4-5,9H,2-3,6-7H2,1H3,(H,11,12,13). The van der Waals surface area contributed by atoms with Crippen molar-refractivity contribution in [3.05, 3.63) is 12.4 Å². The molecule has 6 heteroatoms. The Morgan fingerprint density at radius 1 is 1.44 bits per heavy atom. The Bertz CT molecular complexity index is 314. The zero-order chi connectivity index (χ0) is 11.2. The first-order chi connectivity index (χ1) is 7.88. The minimum atomic E-state index is 0.671. The van der Waals surface area contributed by atoms with Crippen molar-refractivity contribution in [3.63, 3.8) is 0 Å². The van der Waals surface area contributed by atoms with Gasteiger partial charge in [-0.2, -0.15) is 23.5 Å². The van der Waals surface area contributed by atoms with E-state index in [2.05, 4.69) is 15.3 Å². The summed E-state index contributed by atoms with van der Waals surface area (Å²) in [5, 5.41) is 3.92. The number of thioether (sulfide) groups is 2. The molecule has 2 heterocycles. The molecule has 4 nitrogen and oxygen atoms in total. The fourth-order valence-corrected chi connectivity index (χ4v) is 3.98. The van der Waals surface area contributed by atoms with Crippen LogP contribution in [-0.4, -0.2) is 46.1 Å². The molecule has 1 N–H and O–H groups in total. The third-order valence-corrected chi connectivity index (χ3v) is 5.08. The molecule has 1 unspecified atom stereocenters. The van der Waals surface area contributed by atoms with Gasteiger partial charge >= 0.3 is 0 Å². The number of nitrogens with one attached hydrogen (secondary N) is 1. The third kappa shape index (κ3) is 3.45. The number of rotatable bonds is 4. The smallest absolute Gasteiger partial charge is 0.222 e. The van der Waals surface area contributed by atoms with Crippen LogP contribution in [0.3, 0.4) is 0 Å². The van der Waals surface area contributed by atoms with Crippen LogP contribution in [0.1, 0.15) is 0 Å². The minimum Gasteiger partial charge on any atom is -0.494 e. The van der Waals surface area contributed by atoms with E-state index in [4.69, 9.17) is 4.74 Å². The number of hydrogen-bond acceptors (Lipinski definition) is 6. The third-order valence-electron chi connectivity index (χ3n) is 2.24. The summed E-state index contributed by atoms with van der Waals surface area (Å²) in [7, 11) is 1.61. The van der Waals surface area contributed by atoms with E-state index in [0.29, 0.717) is 16.9 Å². The van der Waals surface area contributed by atoms with Gasteiger partial charge in [0.2, 0.25) is 5.95 Å². The number of nitrogens with zero attached hydrogens (tertiary/aromatic N) is 2. The first kappa shape index (κ1) is 11.9. The van der Waals surface area contributed by atoms with Crippen molar-refractivity contribution in [2.75, 3.05) is 36.2 Å². The van der Waals surface area contributed by atoms with Gasteiger partial charge < -0.3 is 10.1 Å². The van der Waals surface area contributed by atoms with Crippen molar-refractivity contribution in [2.24, 2.45) is 0 Å². The molecule has 16 heavy (non-hydrogen) atoms. The fourth-order valence-electron chi connectivity index (χ4n) is 1.37. The van der Waals surface area contributed by atoms with Crippen LogP contribution in [-0.2, 0) is 0 Å². The molecule has 1 aromatic heterocycles. The lowest BCUT2D eigenvalue weighted by atomic mass is 10.4. The van der Waals surface area contributed by atoms with E-state index in [-0.39, 0.29) is 0 Å². The van der Waals surface area contributed by atoms with Crippen molar-refractivity contribution >= 4 is 29.5 Å². The van der Waals surface area contributed by atoms with E-state index in [0.717, 1.165) is 6.54 Å². The van der Waals surface area contributed by atoms with Gasteiger partial charge in [-0.25, -0.2) is 9.97 Å². The highest BCUT2D eigenvalue weighted by molar-refractivity contribution is 8.06. The first-order valence-corrected chi connectivity index (χ1v) is 7.38. The van der Waals surface area contributed by atoms with Gasteiger partial charge in [-0.3, -0.25) is 0 Å². The van der Waals surface area contributed by atoms with Gasteiger partial charge in [0.05, 0.1) is 19.5 Å². The van der Waals surface area contributed by atoms with Crippen molar-refractivity contribution < 1.29 is 4.74 Å². The molecule has 0 aliphatic carbocycles. The van der Waals surface area contributed by atoms with Crippen LogP contribution in [0.15, 0.2) is 12.4 Å². The Labute approximate surface area is 104 Å². The van der Waals surface area contributed by atoms with E-state index in [1.807, 2.05) is 23.5 Å². The highest BCUT2D eigenvalue weighted by atomic mass is 32.2. The van der Waals surface area contributed by atoms with E-state index in [1.54, 1.807) is 19.5 Å². The number of ether oxygens (including phenoxy) is 1. The molecule has 0 radical (unpaired) electrons. The van der Waals surface area contributed by atoms with Gasteiger partial charge in [-0.1, -0.05) is 0 Å². The number of aromatic nitrogens is 2. The van der Waals surface area contributed by atoms with Crippen molar-refractivity contribution in [1.82, 2.24) is 9.97 Å². The molecule has 1 saturated heterocycles. The summed E-state index contributed by atoms with van der Waals surface area (Å²) >= 11 is 4.05. The van der Waals surface area contributed by atoms with Crippen LogP contribution in [0.25, 0.3) is 0 Å². The molecule has 0 saturated carbocycles. The molecule has 0 aromatic carbocycles. The second-order valence-corrected chi connectivity index (χ2v) is 5.95. The van der Waals surface area contributed by atoms with E-state index < -0.39 is 0 Å². The number of hydrogen-bond donors (Lipinski definition) is 1. The topological polar surface area (TPSA) is 47.0 Å². The molecule has 1 atom stereocenters. The Morgan fingerprint density at radius 3 is 2.88 bits per heavy atom. The van der Waals surface area contributed by atoms with Gasteiger partial charge in [-0.05, 0) is 0 Å². The lowest BCUT2D eigenvalue weighted by Gasteiger charge is -2.20. The highest BCUT2D eigenvalue weighted by Gasteiger charge is 2.14. The van der Waals surface area contributed by atoms with Gasteiger partial charge in [0.15, 0.2) is 5.75 Å². The molecular weight excluding hydrogens is 242 g/mol. The average Bonchev–Trinajstić information content (AvgIpc) is 2.38. The maximum atomic E-state index is 5.00. The second kappa shape index (κ2) is 6.20. The summed E-state index contributed by atoms with van der Waals surface area (Å²) in [6, 6.07) is 0. The van der Waals surface area contributed by atoms with E-state index in [9.17, 15) is 0 Å². The maximum absolute atomic E-state index is 5.00. The van der Waals surface area contributed by atoms with Gasteiger partial charge in [0, 0.05) is 29.1 Å². The summed E-state index contributed by atoms with van der Waals surface area (Å²) in [6.07, 6.45) is 3.36. The second-order valence-electron chi connectivity index (χ2n) is 3.40. The molecule has 0 amide bonds. The largest absolute Gasteiger partial charge is 0.494 e. The van der Waals surface area contributed by atoms with Crippen molar-refractivity contribution in [3.8, 4) is 5.75 Å². The highest BCUT2D eigenvalue weighted by Crippen LogP contribution is 2.23. The molecular formula is C10H15N3OS2. The van der Waals surface area contributed by atoms with Crippen LogP contribution >= 0.6 is 23.5 Å².